The molecule has 3 aromatic rings. The third-order valence-electron chi connectivity index (χ3n) is 4.56. The predicted molar refractivity (Wildman–Crippen MR) is 94.6 cm³/mol. The molecule has 0 radical (unpaired) electrons. The first kappa shape index (κ1) is 14.8. The maximum atomic E-state index is 4.86. The molecule has 0 aromatic carbocycles. The van der Waals surface area contributed by atoms with E-state index in [1.54, 1.807) is 6.33 Å². The van der Waals surface area contributed by atoms with E-state index < -0.39 is 0 Å². The van der Waals surface area contributed by atoms with Gasteiger partial charge in [0.05, 0.1) is 5.39 Å². The van der Waals surface area contributed by atoms with Gasteiger partial charge in [-0.05, 0) is 44.8 Å². The molecule has 0 unspecified atom stereocenters. The fourth-order valence-electron chi connectivity index (χ4n) is 3.41. The molecule has 23 heavy (non-hydrogen) atoms. The average molecular weight is 330 g/mol. The van der Waals surface area contributed by atoms with E-state index in [4.69, 9.17) is 4.98 Å². The van der Waals surface area contributed by atoms with Crippen molar-refractivity contribution in [3.8, 4) is 0 Å². The van der Waals surface area contributed by atoms with Gasteiger partial charge in [-0.15, -0.1) is 11.3 Å². The standard InChI is InChI=1S/C16H22N6S/c1-10-5-4-6-11-12(10)13-14-18-9-19-22(14)16(20-15(13)23-11)17-7-8-21(2)3/h9-10H,4-8H2,1-3H3,(H,17,20)/t10-/m0/s1. The number of hydrogen-bond acceptors (Lipinski definition) is 6. The Kier molecular flexibility index (Phi) is 3.69. The third kappa shape index (κ3) is 2.48. The quantitative estimate of drug-likeness (QED) is 0.797. The number of aryl methyl sites for hydroxylation is 1. The SMILES string of the molecule is C[C@H]1CCCc2sc3nc(NCCN(C)C)n4ncnc4c3c21. The largest absolute Gasteiger partial charge is 0.353 e. The molecule has 0 spiro atoms. The summed E-state index contributed by atoms with van der Waals surface area (Å²) in [6.07, 6.45) is 5.33. The van der Waals surface area contributed by atoms with Crippen LogP contribution in [0.25, 0.3) is 15.9 Å². The molecule has 0 aliphatic heterocycles. The molecule has 4 rings (SSSR count). The van der Waals surface area contributed by atoms with E-state index in [0.717, 1.165) is 29.5 Å². The monoisotopic (exact) mass is 330 g/mol. The van der Waals surface area contributed by atoms with Crippen molar-refractivity contribution in [1.82, 2.24) is 24.5 Å². The van der Waals surface area contributed by atoms with Gasteiger partial charge in [-0.1, -0.05) is 6.92 Å². The van der Waals surface area contributed by atoms with Gasteiger partial charge in [-0.2, -0.15) is 9.61 Å². The van der Waals surface area contributed by atoms with Crippen LogP contribution >= 0.6 is 11.3 Å². The Bertz CT molecular complexity index is 849. The number of rotatable bonds is 4. The Balaban J connectivity index is 1.84. The van der Waals surface area contributed by atoms with Crippen LogP contribution in [0.2, 0.25) is 0 Å². The minimum absolute atomic E-state index is 0.586. The summed E-state index contributed by atoms with van der Waals surface area (Å²) in [4.78, 5) is 14.1. The first-order chi connectivity index (χ1) is 11.1. The average Bonchev–Trinajstić information content (AvgIpc) is 3.10. The number of thiophene rings is 1. The topological polar surface area (TPSA) is 58.4 Å². The Hall–Kier alpha value is -1.73. The second-order valence-corrected chi connectivity index (χ2v) is 7.66. The lowest BCUT2D eigenvalue weighted by Crippen LogP contribution is -2.22. The molecule has 122 valence electrons. The molecule has 6 nitrogen and oxygen atoms in total. The van der Waals surface area contributed by atoms with Crippen LogP contribution in [0.3, 0.4) is 0 Å². The number of nitrogens with zero attached hydrogens (tertiary/aromatic N) is 5. The predicted octanol–water partition coefficient (Wildman–Crippen LogP) is 2.75. The lowest BCUT2D eigenvalue weighted by atomic mass is 9.87. The number of aromatic nitrogens is 4. The van der Waals surface area contributed by atoms with Gasteiger partial charge in [0.15, 0.2) is 5.65 Å². The number of hydrogen-bond donors (Lipinski definition) is 1. The molecular weight excluding hydrogens is 308 g/mol. The molecule has 0 saturated carbocycles. The van der Waals surface area contributed by atoms with Crippen LogP contribution in [0.1, 0.15) is 36.1 Å². The van der Waals surface area contributed by atoms with Crippen LogP contribution in [0.15, 0.2) is 6.33 Å². The molecule has 3 aromatic heterocycles. The zero-order chi connectivity index (χ0) is 16.0. The van der Waals surface area contributed by atoms with E-state index >= 15 is 0 Å². The van der Waals surface area contributed by atoms with Crippen LogP contribution in [-0.4, -0.2) is 51.7 Å². The van der Waals surface area contributed by atoms with Crippen molar-refractivity contribution >= 4 is 33.1 Å². The molecule has 3 heterocycles. The van der Waals surface area contributed by atoms with Crippen LogP contribution in [0, 0.1) is 0 Å². The van der Waals surface area contributed by atoms with Crippen molar-refractivity contribution in [3.63, 3.8) is 0 Å². The first-order valence-electron chi connectivity index (χ1n) is 8.18. The Morgan fingerprint density at radius 3 is 3.13 bits per heavy atom. The zero-order valence-electron chi connectivity index (χ0n) is 13.8. The van der Waals surface area contributed by atoms with Crippen molar-refractivity contribution in [2.24, 2.45) is 0 Å². The molecule has 7 heteroatoms. The van der Waals surface area contributed by atoms with Gasteiger partial charge < -0.3 is 10.2 Å². The third-order valence-corrected chi connectivity index (χ3v) is 5.72. The molecule has 1 atom stereocenters. The van der Waals surface area contributed by atoms with Crippen molar-refractivity contribution in [2.75, 3.05) is 32.5 Å². The summed E-state index contributed by atoms with van der Waals surface area (Å²) in [5, 5.41) is 9.01. The summed E-state index contributed by atoms with van der Waals surface area (Å²) in [5.74, 6) is 1.38. The lowest BCUT2D eigenvalue weighted by Gasteiger charge is -2.18. The highest BCUT2D eigenvalue weighted by molar-refractivity contribution is 7.19. The highest BCUT2D eigenvalue weighted by Crippen LogP contribution is 2.43. The maximum absolute atomic E-state index is 4.86. The Morgan fingerprint density at radius 1 is 1.43 bits per heavy atom. The number of nitrogens with one attached hydrogen (secondary N) is 1. The smallest absolute Gasteiger partial charge is 0.227 e. The van der Waals surface area contributed by atoms with Crippen molar-refractivity contribution in [3.05, 3.63) is 16.8 Å². The Labute approximate surface area is 139 Å². The van der Waals surface area contributed by atoms with E-state index in [1.807, 2.05) is 15.9 Å². The number of fused-ring (bicyclic) bond motifs is 5. The van der Waals surface area contributed by atoms with Crippen molar-refractivity contribution in [2.45, 2.75) is 32.1 Å². The van der Waals surface area contributed by atoms with E-state index in [2.05, 4.69) is 41.3 Å². The summed E-state index contributed by atoms with van der Waals surface area (Å²) in [6, 6.07) is 0. The van der Waals surface area contributed by atoms with Gasteiger partial charge in [-0.25, -0.2) is 9.97 Å². The summed E-state index contributed by atoms with van der Waals surface area (Å²) < 4.78 is 1.85. The van der Waals surface area contributed by atoms with E-state index in [-0.39, 0.29) is 0 Å². The van der Waals surface area contributed by atoms with Crippen LogP contribution in [0.4, 0.5) is 5.95 Å². The molecule has 1 aliphatic carbocycles. The summed E-state index contributed by atoms with van der Waals surface area (Å²) >= 11 is 1.83. The summed E-state index contributed by atoms with van der Waals surface area (Å²) in [6.45, 7) is 4.11. The van der Waals surface area contributed by atoms with Crippen LogP contribution in [0.5, 0.6) is 0 Å². The minimum atomic E-state index is 0.586. The number of anilines is 1. The summed E-state index contributed by atoms with van der Waals surface area (Å²) in [5.41, 5.74) is 2.40. The first-order valence-corrected chi connectivity index (χ1v) is 9.00. The molecule has 0 fully saturated rings. The second kappa shape index (κ2) is 5.72. The second-order valence-electron chi connectivity index (χ2n) is 6.57. The lowest BCUT2D eigenvalue weighted by molar-refractivity contribution is 0.424. The molecule has 1 N–H and O–H groups in total. The molecule has 0 amide bonds. The fourth-order valence-corrected chi connectivity index (χ4v) is 4.74. The minimum Gasteiger partial charge on any atom is -0.353 e. The summed E-state index contributed by atoms with van der Waals surface area (Å²) in [7, 11) is 4.14. The van der Waals surface area contributed by atoms with E-state index in [0.29, 0.717) is 5.92 Å². The van der Waals surface area contributed by atoms with Crippen molar-refractivity contribution < 1.29 is 0 Å². The fraction of sp³-hybridized carbons (Fsp3) is 0.562. The van der Waals surface area contributed by atoms with Gasteiger partial charge in [0.1, 0.15) is 11.2 Å². The van der Waals surface area contributed by atoms with Gasteiger partial charge >= 0.3 is 0 Å². The van der Waals surface area contributed by atoms with Crippen molar-refractivity contribution in [1.29, 1.82) is 0 Å². The van der Waals surface area contributed by atoms with Gasteiger partial charge in [0.25, 0.3) is 0 Å². The highest BCUT2D eigenvalue weighted by atomic mass is 32.1. The molecule has 0 saturated heterocycles. The van der Waals surface area contributed by atoms with Crippen LogP contribution < -0.4 is 5.32 Å². The van der Waals surface area contributed by atoms with E-state index in [9.17, 15) is 0 Å². The molecular formula is C16H22N6S. The molecule has 0 bridgehead atoms. The van der Waals surface area contributed by atoms with Gasteiger partial charge in [0.2, 0.25) is 5.95 Å². The zero-order valence-corrected chi connectivity index (χ0v) is 14.7. The maximum Gasteiger partial charge on any atom is 0.227 e. The van der Waals surface area contributed by atoms with Crippen LogP contribution in [-0.2, 0) is 6.42 Å². The highest BCUT2D eigenvalue weighted by Gasteiger charge is 2.25. The van der Waals surface area contributed by atoms with E-state index in [1.165, 1.54) is 35.1 Å². The Morgan fingerprint density at radius 2 is 2.30 bits per heavy atom. The van der Waals surface area contributed by atoms with Gasteiger partial charge in [-0.3, -0.25) is 0 Å². The normalized spacial score (nSPS) is 18.0. The van der Waals surface area contributed by atoms with Gasteiger partial charge in [0, 0.05) is 18.0 Å². The molecule has 1 aliphatic rings. The number of likely N-dealkylation sites (N-methyl/N-ethyl adjacent to an activating group) is 1.